The number of hydrogen-bond acceptors (Lipinski definition) is 2. The molecule has 1 atom stereocenters. The van der Waals surface area contributed by atoms with Crippen LogP contribution in [-0.2, 0) is 0 Å². The second-order valence-corrected chi connectivity index (χ2v) is 15.6. The van der Waals surface area contributed by atoms with Crippen molar-refractivity contribution in [3.63, 3.8) is 0 Å². The number of furan rings is 2. The summed E-state index contributed by atoms with van der Waals surface area (Å²) in [6.45, 7) is 0. The molecule has 0 saturated carbocycles. The van der Waals surface area contributed by atoms with Crippen molar-refractivity contribution in [3.05, 3.63) is 199 Å². The summed E-state index contributed by atoms with van der Waals surface area (Å²) in [4.78, 5) is 0. The highest BCUT2D eigenvalue weighted by atomic mass is 16.3. The van der Waals surface area contributed by atoms with Gasteiger partial charge in [0.1, 0.15) is 22.5 Å². The summed E-state index contributed by atoms with van der Waals surface area (Å²) in [5.41, 5.74) is 14.6. The Morgan fingerprint density at radius 2 is 0.966 bits per heavy atom. The van der Waals surface area contributed by atoms with E-state index in [0.29, 0.717) is 0 Å². The van der Waals surface area contributed by atoms with Crippen molar-refractivity contribution in [2.24, 2.45) is 0 Å². The molecular weight excluding hydrogens is 709 g/mol. The van der Waals surface area contributed by atoms with Gasteiger partial charge in [0.05, 0.1) is 22.1 Å². The van der Waals surface area contributed by atoms with E-state index in [1.807, 2.05) is 12.1 Å². The van der Waals surface area contributed by atoms with Gasteiger partial charge in [0.15, 0.2) is 0 Å². The van der Waals surface area contributed by atoms with Crippen molar-refractivity contribution in [2.45, 2.75) is 12.3 Å². The molecule has 0 saturated heterocycles. The molecular formula is C54H34N2O2. The Morgan fingerprint density at radius 3 is 1.66 bits per heavy atom. The normalized spacial score (nSPS) is 14.2. The van der Waals surface area contributed by atoms with Gasteiger partial charge in [0.25, 0.3) is 0 Å². The summed E-state index contributed by atoms with van der Waals surface area (Å²) in [6.07, 6.45) is 5.41. The van der Waals surface area contributed by atoms with Crippen LogP contribution in [0.15, 0.2) is 191 Å². The summed E-state index contributed by atoms with van der Waals surface area (Å²) in [5.74, 6) is 1.15. The van der Waals surface area contributed by atoms with Crippen molar-refractivity contribution in [1.29, 1.82) is 0 Å². The topological polar surface area (TPSA) is 36.1 Å². The maximum absolute atomic E-state index is 6.68. The second kappa shape index (κ2) is 12.0. The zero-order valence-electron chi connectivity index (χ0n) is 31.4. The molecule has 1 aliphatic carbocycles. The number of nitrogens with zero attached hydrogens (tertiary/aromatic N) is 2. The maximum atomic E-state index is 6.68. The smallest absolute Gasteiger partial charge is 0.139 e. The van der Waals surface area contributed by atoms with Crippen LogP contribution in [0.2, 0.25) is 0 Å². The summed E-state index contributed by atoms with van der Waals surface area (Å²) < 4.78 is 17.7. The molecule has 0 bridgehead atoms. The number of rotatable bonds is 4. The van der Waals surface area contributed by atoms with Crippen LogP contribution in [0.5, 0.6) is 0 Å². The molecule has 12 aromatic rings. The summed E-state index contributed by atoms with van der Waals surface area (Å²) >= 11 is 0. The molecule has 0 spiro atoms. The summed E-state index contributed by atoms with van der Waals surface area (Å²) in [6, 6.07) is 63.6. The van der Waals surface area contributed by atoms with E-state index in [9.17, 15) is 0 Å². The third-order valence-corrected chi connectivity index (χ3v) is 12.5. The van der Waals surface area contributed by atoms with Crippen molar-refractivity contribution in [2.75, 3.05) is 0 Å². The van der Waals surface area contributed by atoms with Crippen molar-refractivity contribution >= 4 is 82.6 Å². The summed E-state index contributed by atoms with van der Waals surface area (Å²) in [5, 5.41) is 8.39. The number of para-hydroxylation sites is 4. The standard InChI is InChI=1S/C54H34N2O2/c1-2-11-36(12-3-1)55-47-18-7-4-13-39(47)43-29-34(23-27-49(43)55)35-24-28-50-44(30-35)40-14-5-8-19-48(40)56(50)37-25-21-33(22-26-37)38-16-10-17-42-46-31-45-41-15-6-9-20-51(41)57-52(45)32-53(46)58-54(38)42/h1-15,17-32,38H,16H2. The van der Waals surface area contributed by atoms with Gasteiger partial charge in [0.2, 0.25) is 0 Å². The number of benzene rings is 8. The highest BCUT2D eigenvalue weighted by molar-refractivity contribution is 6.13. The Kier molecular flexibility index (Phi) is 6.53. The highest BCUT2D eigenvalue weighted by Crippen LogP contribution is 2.44. The number of fused-ring (bicyclic) bond motifs is 12. The number of aromatic nitrogens is 2. The highest BCUT2D eigenvalue weighted by Gasteiger charge is 2.26. The van der Waals surface area contributed by atoms with E-state index in [4.69, 9.17) is 8.83 Å². The molecule has 4 heteroatoms. The van der Waals surface area contributed by atoms with E-state index in [1.54, 1.807) is 0 Å². The van der Waals surface area contributed by atoms with Crippen LogP contribution in [0.1, 0.15) is 29.2 Å². The van der Waals surface area contributed by atoms with Gasteiger partial charge in [-0.05, 0) is 95.9 Å². The van der Waals surface area contributed by atoms with Crippen LogP contribution in [0.4, 0.5) is 0 Å². The molecule has 0 aliphatic heterocycles. The van der Waals surface area contributed by atoms with Gasteiger partial charge in [-0.25, -0.2) is 0 Å². The van der Waals surface area contributed by atoms with E-state index in [-0.39, 0.29) is 5.92 Å². The molecule has 1 aliphatic rings. The fourth-order valence-electron chi connectivity index (χ4n) is 9.80. The Labute approximate surface area is 333 Å². The fraction of sp³-hybridized carbons (Fsp3) is 0.0370. The van der Waals surface area contributed by atoms with Crippen LogP contribution in [-0.4, -0.2) is 9.13 Å². The minimum atomic E-state index is 0.129. The molecule has 4 aromatic heterocycles. The van der Waals surface area contributed by atoms with Crippen LogP contribution < -0.4 is 0 Å². The van der Waals surface area contributed by atoms with E-state index in [0.717, 1.165) is 50.8 Å². The lowest BCUT2D eigenvalue weighted by atomic mass is 9.86. The molecule has 272 valence electrons. The van der Waals surface area contributed by atoms with Crippen molar-refractivity contribution < 1.29 is 8.83 Å². The van der Waals surface area contributed by atoms with Crippen LogP contribution in [0.25, 0.3) is 105 Å². The quantitative estimate of drug-likeness (QED) is 0.180. The van der Waals surface area contributed by atoms with Crippen LogP contribution in [0, 0.1) is 0 Å². The molecule has 0 N–H and O–H groups in total. The molecule has 0 radical (unpaired) electrons. The molecule has 58 heavy (non-hydrogen) atoms. The Morgan fingerprint density at radius 1 is 0.397 bits per heavy atom. The SMILES string of the molecule is C1=Cc2c(oc3cc4oc5ccccc5c4cc23)C(c2ccc(-n3c4ccccc4c4cc(-c5ccc6c(c5)c5ccccc5n6-c5ccccc5)ccc43)cc2)C1. The molecule has 13 rings (SSSR count). The Bertz CT molecular complexity index is 3650. The first-order valence-electron chi connectivity index (χ1n) is 20.0. The van der Waals surface area contributed by atoms with Gasteiger partial charge in [-0.3, -0.25) is 0 Å². The molecule has 8 aromatic carbocycles. The maximum Gasteiger partial charge on any atom is 0.139 e. The zero-order chi connectivity index (χ0) is 37.9. The van der Waals surface area contributed by atoms with Gasteiger partial charge in [-0.2, -0.15) is 0 Å². The minimum Gasteiger partial charge on any atom is -0.460 e. The predicted octanol–water partition coefficient (Wildman–Crippen LogP) is 14.7. The lowest BCUT2D eigenvalue weighted by Gasteiger charge is -2.18. The average molecular weight is 743 g/mol. The molecule has 4 heterocycles. The third-order valence-electron chi connectivity index (χ3n) is 12.5. The van der Waals surface area contributed by atoms with Gasteiger partial charge in [-0.1, -0.05) is 109 Å². The van der Waals surface area contributed by atoms with Gasteiger partial charge in [0, 0.05) is 66.6 Å². The lowest BCUT2D eigenvalue weighted by molar-refractivity contribution is 0.516. The first-order valence-corrected chi connectivity index (χ1v) is 20.0. The molecule has 0 fully saturated rings. The van der Waals surface area contributed by atoms with E-state index < -0.39 is 0 Å². The number of hydrogen-bond donors (Lipinski definition) is 0. The molecule has 0 amide bonds. The number of allylic oxidation sites excluding steroid dienone is 1. The van der Waals surface area contributed by atoms with Crippen LogP contribution >= 0.6 is 0 Å². The summed E-state index contributed by atoms with van der Waals surface area (Å²) in [7, 11) is 0. The second-order valence-electron chi connectivity index (χ2n) is 15.6. The molecule has 1 unspecified atom stereocenters. The average Bonchev–Trinajstić information content (AvgIpc) is 4.03. The van der Waals surface area contributed by atoms with Crippen LogP contribution in [0.3, 0.4) is 0 Å². The predicted molar refractivity (Wildman–Crippen MR) is 240 cm³/mol. The first-order chi connectivity index (χ1) is 28.7. The Balaban J connectivity index is 0.890. The zero-order valence-corrected chi connectivity index (χ0v) is 31.4. The Hall–Kier alpha value is -7.56. The van der Waals surface area contributed by atoms with E-state index in [1.165, 1.54) is 71.6 Å². The monoisotopic (exact) mass is 742 g/mol. The van der Waals surface area contributed by atoms with Gasteiger partial charge < -0.3 is 18.0 Å². The fourth-order valence-corrected chi connectivity index (χ4v) is 9.80. The molecule has 4 nitrogen and oxygen atoms in total. The third kappa shape index (κ3) is 4.51. The lowest BCUT2D eigenvalue weighted by Crippen LogP contribution is -2.04. The minimum absolute atomic E-state index is 0.129. The largest absolute Gasteiger partial charge is 0.460 e. The van der Waals surface area contributed by atoms with E-state index in [2.05, 4.69) is 185 Å². The first kappa shape index (κ1) is 31.6. The van der Waals surface area contributed by atoms with Gasteiger partial charge >= 0.3 is 0 Å². The van der Waals surface area contributed by atoms with Crippen molar-refractivity contribution in [1.82, 2.24) is 9.13 Å². The van der Waals surface area contributed by atoms with Crippen molar-refractivity contribution in [3.8, 4) is 22.5 Å². The van der Waals surface area contributed by atoms with Gasteiger partial charge in [-0.15, -0.1) is 0 Å². The van der Waals surface area contributed by atoms with E-state index >= 15 is 0 Å².